The molecular weight excluding hydrogens is 288 g/mol. The lowest BCUT2D eigenvalue weighted by molar-refractivity contribution is -0.283. The zero-order valence-corrected chi connectivity index (χ0v) is 15.0. The van der Waals surface area contributed by atoms with Crippen LogP contribution in [0.1, 0.15) is 52.5 Å². The molecule has 5 atom stereocenters. The van der Waals surface area contributed by atoms with Crippen LogP contribution in [0.3, 0.4) is 0 Å². The predicted molar refractivity (Wildman–Crippen MR) is 93.2 cm³/mol. The first-order valence-electron chi connectivity index (χ1n) is 9.09. The smallest absolute Gasteiger partial charge is 0.184 e. The molecule has 23 heavy (non-hydrogen) atoms. The van der Waals surface area contributed by atoms with E-state index in [-0.39, 0.29) is 18.5 Å². The third-order valence-electron chi connectivity index (χ3n) is 4.98. The summed E-state index contributed by atoms with van der Waals surface area (Å²) < 4.78 is 18.5. The van der Waals surface area contributed by atoms with Crippen molar-refractivity contribution in [2.45, 2.75) is 72.1 Å². The number of hydrogen-bond acceptors (Lipinski definition) is 3. The van der Waals surface area contributed by atoms with Crippen molar-refractivity contribution >= 4 is 0 Å². The molecule has 0 N–H and O–H groups in total. The normalized spacial score (nSPS) is 31.2. The predicted octanol–water partition coefficient (Wildman–Crippen LogP) is 4.80. The van der Waals surface area contributed by atoms with Crippen LogP contribution in [-0.4, -0.2) is 25.1 Å². The van der Waals surface area contributed by atoms with Crippen LogP contribution < -0.4 is 0 Å². The van der Waals surface area contributed by atoms with Gasteiger partial charge in [-0.2, -0.15) is 0 Å². The summed E-state index contributed by atoms with van der Waals surface area (Å²) in [4.78, 5) is 0. The first-order chi connectivity index (χ1) is 11.2. The molecule has 1 fully saturated rings. The van der Waals surface area contributed by atoms with Crippen molar-refractivity contribution in [3.8, 4) is 0 Å². The van der Waals surface area contributed by atoms with Gasteiger partial charge in [0.05, 0.1) is 12.7 Å². The molecular formula is C20H32O3. The maximum Gasteiger partial charge on any atom is 0.184 e. The molecule has 130 valence electrons. The molecule has 3 nitrogen and oxygen atoms in total. The average molecular weight is 320 g/mol. The Morgan fingerprint density at radius 1 is 1.00 bits per heavy atom. The second kappa shape index (κ2) is 9.41. The average Bonchev–Trinajstić information content (AvgIpc) is 2.58. The van der Waals surface area contributed by atoms with Gasteiger partial charge in [-0.3, -0.25) is 0 Å². The summed E-state index contributed by atoms with van der Waals surface area (Å²) in [5, 5.41) is 0. The Labute approximate surface area is 141 Å². The van der Waals surface area contributed by atoms with Crippen LogP contribution in [0.4, 0.5) is 0 Å². The summed E-state index contributed by atoms with van der Waals surface area (Å²) in [6, 6.07) is 10.3. The van der Waals surface area contributed by atoms with Gasteiger partial charge in [0.1, 0.15) is 6.10 Å². The van der Waals surface area contributed by atoms with Gasteiger partial charge in [0.2, 0.25) is 0 Å². The molecule has 1 aliphatic heterocycles. The molecule has 1 aromatic rings. The van der Waals surface area contributed by atoms with Gasteiger partial charge in [-0.25, -0.2) is 0 Å². The molecule has 0 radical (unpaired) electrons. The summed E-state index contributed by atoms with van der Waals surface area (Å²) in [6.45, 7) is 10.2. The molecule has 1 heterocycles. The van der Waals surface area contributed by atoms with Crippen molar-refractivity contribution in [1.82, 2.24) is 0 Å². The van der Waals surface area contributed by atoms with Gasteiger partial charge in [-0.1, -0.05) is 64.4 Å². The highest BCUT2D eigenvalue weighted by Crippen LogP contribution is 2.35. The van der Waals surface area contributed by atoms with Crippen molar-refractivity contribution < 1.29 is 14.2 Å². The molecule has 0 spiro atoms. The van der Waals surface area contributed by atoms with Crippen molar-refractivity contribution in [2.24, 2.45) is 11.8 Å². The van der Waals surface area contributed by atoms with Crippen molar-refractivity contribution in [2.75, 3.05) is 6.61 Å². The number of ether oxygens (including phenoxy) is 3. The van der Waals surface area contributed by atoms with Gasteiger partial charge in [-0.05, 0) is 30.2 Å². The van der Waals surface area contributed by atoms with E-state index in [2.05, 4.69) is 39.8 Å². The molecule has 2 unspecified atom stereocenters. The van der Waals surface area contributed by atoms with Crippen LogP contribution in [0.2, 0.25) is 0 Å². The quantitative estimate of drug-likeness (QED) is 0.644. The summed E-state index contributed by atoms with van der Waals surface area (Å²) in [5.74, 6) is 0.899. The Kier molecular flexibility index (Phi) is 7.54. The van der Waals surface area contributed by atoms with Crippen molar-refractivity contribution in [1.29, 1.82) is 0 Å². The zero-order valence-electron chi connectivity index (χ0n) is 15.0. The van der Waals surface area contributed by atoms with E-state index < -0.39 is 0 Å². The number of hydrogen-bond donors (Lipinski definition) is 0. The van der Waals surface area contributed by atoms with Crippen molar-refractivity contribution in [3.05, 3.63) is 35.9 Å². The van der Waals surface area contributed by atoms with Crippen LogP contribution in [-0.2, 0) is 20.8 Å². The van der Waals surface area contributed by atoms with Crippen LogP contribution in [0.5, 0.6) is 0 Å². The van der Waals surface area contributed by atoms with E-state index in [0.29, 0.717) is 18.4 Å². The largest absolute Gasteiger partial charge is 0.368 e. The third kappa shape index (κ3) is 5.03. The van der Waals surface area contributed by atoms with E-state index in [4.69, 9.17) is 14.2 Å². The van der Waals surface area contributed by atoms with E-state index in [0.717, 1.165) is 25.9 Å². The van der Waals surface area contributed by atoms with E-state index in [1.54, 1.807) is 0 Å². The highest BCUT2D eigenvalue weighted by Gasteiger charge is 2.42. The molecule has 1 aromatic carbocycles. The number of benzene rings is 1. The highest BCUT2D eigenvalue weighted by atomic mass is 16.7. The number of rotatable bonds is 8. The van der Waals surface area contributed by atoms with E-state index in [9.17, 15) is 0 Å². The minimum Gasteiger partial charge on any atom is -0.368 e. The fourth-order valence-electron chi connectivity index (χ4n) is 3.20. The second-order valence-electron chi connectivity index (χ2n) is 6.65. The first kappa shape index (κ1) is 18.4. The highest BCUT2D eigenvalue weighted by molar-refractivity contribution is 5.13. The van der Waals surface area contributed by atoms with Gasteiger partial charge in [0, 0.05) is 6.61 Å². The molecule has 0 aromatic heterocycles. The van der Waals surface area contributed by atoms with Crippen LogP contribution in [0.15, 0.2) is 30.3 Å². The van der Waals surface area contributed by atoms with Crippen LogP contribution in [0.25, 0.3) is 0 Å². The zero-order chi connectivity index (χ0) is 16.7. The fraction of sp³-hybridized carbons (Fsp3) is 0.700. The van der Waals surface area contributed by atoms with E-state index in [1.807, 2.05) is 18.2 Å². The van der Waals surface area contributed by atoms with Gasteiger partial charge >= 0.3 is 0 Å². The Balaban J connectivity index is 2.01. The lowest BCUT2D eigenvalue weighted by atomic mass is 9.82. The standard InChI is InChI=1S/C20H32O3/c1-5-7-13-21-20-19(16(4)15(3)18(6-2)23-20)22-14-17-11-9-8-10-12-17/h8-12,15-16,18-20H,5-7,13-14H2,1-4H3/t15-,16-,18?,19?,20+/m0/s1. The van der Waals surface area contributed by atoms with E-state index in [1.165, 1.54) is 5.56 Å². The Hall–Kier alpha value is -0.900. The summed E-state index contributed by atoms with van der Waals surface area (Å²) >= 11 is 0. The summed E-state index contributed by atoms with van der Waals surface area (Å²) in [7, 11) is 0. The van der Waals surface area contributed by atoms with Crippen LogP contribution >= 0.6 is 0 Å². The van der Waals surface area contributed by atoms with Crippen LogP contribution in [0, 0.1) is 11.8 Å². The summed E-state index contributed by atoms with van der Waals surface area (Å²) in [5.41, 5.74) is 1.19. The van der Waals surface area contributed by atoms with Gasteiger partial charge < -0.3 is 14.2 Å². The van der Waals surface area contributed by atoms with Gasteiger partial charge in [0.25, 0.3) is 0 Å². The summed E-state index contributed by atoms with van der Waals surface area (Å²) in [6.07, 6.45) is 3.21. The second-order valence-corrected chi connectivity index (χ2v) is 6.65. The van der Waals surface area contributed by atoms with E-state index >= 15 is 0 Å². The van der Waals surface area contributed by atoms with Gasteiger partial charge in [-0.15, -0.1) is 0 Å². The Bertz CT molecular complexity index is 434. The minimum atomic E-state index is -0.249. The third-order valence-corrected chi connectivity index (χ3v) is 4.98. The molecule has 0 bridgehead atoms. The molecule has 1 aliphatic rings. The lowest BCUT2D eigenvalue weighted by Crippen LogP contribution is -2.51. The first-order valence-corrected chi connectivity index (χ1v) is 9.09. The van der Waals surface area contributed by atoms with Gasteiger partial charge in [0.15, 0.2) is 6.29 Å². The van der Waals surface area contributed by atoms with Crippen molar-refractivity contribution in [3.63, 3.8) is 0 Å². The fourth-order valence-corrected chi connectivity index (χ4v) is 3.20. The molecule has 3 heteroatoms. The molecule has 1 saturated heterocycles. The minimum absolute atomic E-state index is 0.00939. The number of unbranched alkanes of at least 4 members (excludes halogenated alkanes) is 1. The lowest BCUT2D eigenvalue weighted by Gasteiger charge is -2.44. The maximum absolute atomic E-state index is 6.24. The molecule has 0 amide bonds. The Morgan fingerprint density at radius 2 is 1.74 bits per heavy atom. The SMILES string of the molecule is CCCCO[C@@H]1OC(CC)[C@@H](C)[C@H](C)C1OCc1ccccc1. The molecule has 0 aliphatic carbocycles. The topological polar surface area (TPSA) is 27.7 Å². The molecule has 0 saturated carbocycles. The maximum atomic E-state index is 6.24. The Morgan fingerprint density at radius 3 is 2.39 bits per heavy atom. The molecule has 2 rings (SSSR count). The monoisotopic (exact) mass is 320 g/mol.